The predicted molar refractivity (Wildman–Crippen MR) is 39.3 cm³/mol. The minimum Gasteiger partial charge on any atom is -0.298 e. The molecule has 0 radical (unpaired) electrons. The molecule has 0 aromatic carbocycles. The van der Waals surface area contributed by atoms with Gasteiger partial charge in [-0.25, -0.2) is 0 Å². The van der Waals surface area contributed by atoms with Gasteiger partial charge in [0.05, 0.1) is 0 Å². The second-order valence-corrected chi connectivity index (χ2v) is 1.86. The van der Waals surface area contributed by atoms with Crippen LogP contribution in [-0.2, 0) is 4.79 Å². The highest BCUT2D eigenvalue weighted by atomic mass is 16.1. The van der Waals surface area contributed by atoms with Gasteiger partial charge < -0.3 is 0 Å². The molecule has 9 heavy (non-hydrogen) atoms. The molecule has 50 valence electrons. The summed E-state index contributed by atoms with van der Waals surface area (Å²) in [5.74, 6) is 0. The Labute approximate surface area is 56.1 Å². The first-order valence-corrected chi connectivity index (χ1v) is 3.10. The Morgan fingerprint density at radius 1 is 1.56 bits per heavy atom. The molecule has 0 rings (SSSR count). The molecular weight excluding hydrogens is 112 g/mol. The summed E-state index contributed by atoms with van der Waals surface area (Å²) in [6.07, 6.45) is 7.57. The van der Waals surface area contributed by atoms with Gasteiger partial charge in [0.15, 0.2) is 0 Å². The molecule has 0 spiro atoms. The van der Waals surface area contributed by atoms with Gasteiger partial charge in [-0.2, -0.15) is 0 Å². The number of aldehydes is 1. The van der Waals surface area contributed by atoms with Gasteiger partial charge in [-0.15, -0.1) is 0 Å². The first kappa shape index (κ1) is 8.15. The van der Waals surface area contributed by atoms with Crippen LogP contribution in [0.5, 0.6) is 0 Å². The maximum absolute atomic E-state index is 10.00. The van der Waals surface area contributed by atoms with E-state index in [0.717, 1.165) is 18.3 Å². The highest BCUT2D eigenvalue weighted by molar-refractivity contribution is 5.72. The summed E-state index contributed by atoms with van der Waals surface area (Å²) in [4.78, 5) is 10.00. The van der Waals surface area contributed by atoms with Crippen molar-refractivity contribution >= 4 is 6.29 Å². The lowest BCUT2D eigenvalue weighted by Gasteiger charge is -1.79. The molecule has 0 amide bonds. The van der Waals surface area contributed by atoms with Crippen molar-refractivity contribution in [1.82, 2.24) is 0 Å². The Morgan fingerprint density at radius 2 is 2.22 bits per heavy atom. The van der Waals surface area contributed by atoms with Crippen molar-refractivity contribution in [3.63, 3.8) is 0 Å². The minimum absolute atomic E-state index is 0.764. The van der Waals surface area contributed by atoms with Crippen molar-refractivity contribution in [3.05, 3.63) is 23.8 Å². The van der Waals surface area contributed by atoms with Gasteiger partial charge in [-0.3, -0.25) is 4.79 Å². The van der Waals surface area contributed by atoms with Crippen LogP contribution >= 0.6 is 0 Å². The lowest BCUT2D eigenvalue weighted by Crippen LogP contribution is -1.71. The summed E-state index contributed by atoms with van der Waals surface area (Å²) in [5.41, 5.74) is 0.764. The van der Waals surface area contributed by atoms with E-state index >= 15 is 0 Å². The van der Waals surface area contributed by atoms with E-state index in [2.05, 4.69) is 6.92 Å². The highest BCUT2D eigenvalue weighted by Crippen LogP contribution is 1.87. The molecule has 0 bridgehead atoms. The molecule has 0 aliphatic heterocycles. The zero-order valence-corrected chi connectivity index (χ0v) is 5.92. The molecule has 0 fully saturated rings. The van der Waals surface area contributed by atoms with Gasteiger partial charge in [0, 0.05) is 0 Å². The van der Waals surface area contributed by atoms with Crippen LogP contribution in [0.1, 0.15) is 20.3 Å². The largest absolute Gasteiger partial charge is 0.298 e. The summed E-state index contributed by atoms with van der Waals surface area (Å²) in [6.45, 7) is 3.84. The van der Waals surface area contributed by atoms with Crippen LogP contribution in [0.15, 0.2) is 23.8 Å². The Morgan fingerprint density at radius 3 is 2.67 bits per heavy atom. The van der Waals surface area contributed by atoms with Crippen LogP contribution < -0.4 is 0 Å². The Balaban J connectivity index is 3.68. The maximum Gasteiger partial charge on any atom is 0.145 e. The molecule has 0 aromatic heterocycles. The third-order valence-electron chi connectivity index (χ3n) is 0.917. The summed E-state index contributed by atoms with van der Waals surface area (Å²) < 4.78 is 0. The van der Waals surface area contributed by atoms with Crippen LogP contribution in [0.4, 0.5) is 0 Å². The molecule has 0 N–H and O–H groups in total. The van der Waals surface area contributed by atoms with Gasteiger partial charge in [0.25, 0.3) is 0 Å². The fourth-order valence-corrected chi connectivity index (χ4v) is 0.395. The molecular formula is C8H12O. The minimum atomic E-state index is 0.764. The van der Waals surface area contributed by atoms with E-state index in [-0.39, 0.29) is 0 Å². The van der Waals surface area contributed by atoms with Crippen molar-refractivity contribution in [2.24, 2.45) is 0 Å². The smallest absolute Gasteiger partial charge is 0.145 e. The van der Waals surface area contributed by atoms with Crippen LogP contribution in [0.25, 0.3) is 0 Å². The lowest BCUT2D eigenvalue weighted by atomic mass is 10.3. The molecule has 1 nitrogen and oxygen atoms in total. The van der Waals surface area contributed by atoms with E-state index in [1.54, 1.807) is 13.0 Å². The summed E-state index contributed by atoms with van der Waals surface area (Å²) in [5, 5.41) is 0. The average Bonchev–Trinajstić information content (AvgIpc) is 1.89. The van der Waals surface area contributed by atoms with E-state index < -0.39 is 0 Å². The average molecular weight is 124 g/mol. The fourth-order valence-electron chi connectivity index (χ4n) is 0.395. The molecule has 0 aliphatic rings. The van der Waals surface area contributed by atoms with E-state index in [0.29, 0.717) is 0 Å². The number of rotatable bonds is 3. The van der Waals surface area contributed by atoms with Crippen molar-refractivity contribution in [2.75, 3.05) is 0 Å². The summed E-state index contributed by atoms with van der Waals surface area (Å²) in [7, 11) is 0. The first-order chi connectivity index (χ1) is 4.31. The van der Waals surface area contributed by atoms with Crippen molar-refractivity contribution < 1.29 is 4.79 Å². The van der Waals surface area contributed by atoms with E-state index in [4.69, 9.17) is 0 Å². The topological polar surface area (TPSA) is 17.1 Å². The standard InChI is InChI=1S/C8H12O/c1-3-4-5-6-8(2)7-9/h4-7H,3H2,1-2H3/b5-4+,8-6+. The van der Waals surface area contributed by atoms with E-state index in [9.17, 15) is 4.79 Å². The second-order valence-electron chi connectivity index (χ2n) is 1.86. The van der Waals surface area contributed by atoms with Crippen molar-refractivity contribution in [2.45, 2.75) is 20.3 Å². The number of hydrogen-bond donors (Lipinski definition) is 0. The first-order valence-electron chi connectivity index (χ1n) is 3.10. The summed E-state index contributed by atoms with van der Waals surface area (Å²) >= 11 is 0. The van der Waals surface area contributed by atoms with Crippen LogP contribution in [0, 0.1) is 0 Å². The Kier molecular flexibility index (Phi) is 4.79. The Hall–Kier alpha value is -0.850. The number of carbonyl (C=O) groups is 1. The van der Waals surface area contributed by atoms with Crippen molar-refractivity contribution in [1.29, 1.82) is 0 Å². The molecule has 0 atom stereocenters. The van der Waals surface area contributed by atoms with Crippen LogP contribution in [0.2, 0.25) is 0 Å². The van der Waals surface area contributed by atoms with Gasteiger partial charge in [-0.1, -0.05) is 25.2 Å². The third kappa shape index (κ3) is 5.01. The molecule has 0 heterocycles. The molecule has 1 heteroatoms. The van der Waals surface area contributed by atoms with Gasteiger partial charge in [0.1, 0.15) is 6.29 Å². The molecule has 0 aromatic rings. The van der Waals surface area contributed by atoms with Gasteiger partial charge in [-0.05, 0) is 18.9 Å². The highest BCUT2D eigenvalue weighted by Gasteiger charge is 1.76. The zero-order chi connectivity index (χ0) is 7.11. The van der Waals surface area contributed by atoms with E-state index in [1.165, 1.54) is 0 Å². The van der Waals surface area contributed by atoms with E-state index in [1.807, 2.05) is 12.2 Å². The molecule has 0 unspecified atom stereocenters. The van der Waals surface area contributed by atoms with Gasteiger partial charge >= 0.3 is 0 Å². The quantitative estimate of drug-likeness (QED) is 0.320. The predicted octanol–water partition coefficient (Wildman–Crippen LogP) is 2.10. The SMILES string of the molecule is CC/C=C/C=C(\C)C=O. The van der Waals surface area contributed by atoms with Gasteiger partial charge in [0.2, 0.25) is 0 Å². The lowest BCUT2D eigenvalue weighted by molar-refractivity contribution is -0.104. The number of hydrogen-bond acceptors (Lipinski definition) is 1. The monoisotopic (exact) mass is 124 g/mol. The number of allylic oxidation sites excluding steroid dienone is 4. The van der Waals surface area contributed by atoms with Crippen LogP contribution in [-0.4, -0.2) is 6.29 Å². The number of carbonyl (C=O) groups excluding carboxylic acids is 1. The molecule has 0 saturated carbocycles. The molecule has 0 aliphatic carbocycles. The summed E-state index contributed by atoms with van der Waals surface area (Å²) in [6, 6.07) is 0. The normalized spacial score (nSPS) is 12.4. The van der Waals surface area contributed by atoms with Crippen LogP contribution in [0.3, 0.4) is 0 Å². The fraction of sp³-hybridized carbons (Fsp3) is 0.375. The van der Waals surface area contributed by atoms with Crippen molar-refractivity contribution in [3.8, 4) is 0 Å². The zero-order valence-electron chi connectivity index (χ0n) is 5.92. The molecule has 0 saturated heterocycles. The Bertz CT molecular complexity index is 132. The maximum atomic E-state index is 10.00. The second kappa shape index (κ2) is 5.29. The third-order valence-corrected chi connectivity index (χ3v) is 0.917.